The molecule has 2 saturated heterocycles. The lowest BCUT2D eigenvalue weighted by Gasteiger charge is -2.28. The predicted octanol–water partition coefficient (Wildman–Crippen LogP) is -0.814. The largest absolute Gasteiger partial charge is 0.468 e. The van der Waals surface area contributed by atoms with Crippen molar-refractivity contribution in [2.75, 3.05) is 13.2 Å². The highest BCUT2D eigenvalue weighted by Gasteiger charge is 2.65. The first-order valence-electron chi connectivity index (χ1n) is 8.23. The van der Waals surface area contributed by atoms with E-state index in [-0.39, 0.29) is 25.0 Å². The molecule has 0 radical (unpaired) electrons. The van der Waals surface area contributed by atoms with Gasteiger partial charge in [0.2, 0.25) is 0 Å². The van der Waals surface area contributed by atoms with Gasteiger partial charge in [-0.2, -0.15) is 13.5 Å². The molecule has 3 aliphatic rings. The Balaban J connectivity index is 1.37. The minimum atomic E-state index is -4.84. The van der Waals surface area contributed by atoms with Crippen LogP contribution in [0.25, 0.3) is 0 Å². The lowest BCUT2D eigenvalue weighted by Crippen LogP contribution is -2.51. The summed E-state index contributed by atoms with van der Waals surface area (Å²) >= 11 is 0. The van der Waals surface area contributed by atoms with Crippen LogP contribution in [0, 0.1) is 11.8 Å². The van der Waals surface area contributed by atoms with Crippen molar-refractivity contribution in [2.24, 2.45) is 17.6 Å². The highest BCUT2D eigenvalue weighted by Crippen LogP contribution is 2.53. The number of fused-ring (bicyclic) bond motifs is 4. The summed E-state index contributed by atoms with van der Waals surface area (Å²) in [5.41, 5.74) is 8.15. The standard InChI is InChI=1S/C14H18N4O8S/c15-9(11-2-1-3-24-11)6-25-16-13(19)12-8-4-7(8)10-5-17(12)14(20)18(10)26-27(21,22)23/h1-3,7-10,12H,4-6,15H2,(H,16,19)(H,21,22,23)/t7?,8?,9?,10-,12-/m0/s1. The number of amides is 3. The quantitative estimate of drug-likeness (QED) is 0.390. The predicted molar refractivity (Wildman–Crippen MR) is 85.5 cm³/mol. The molecule has 4 N–H and O–H groups in total. The molecule has 0 aromatic carbocycles. The maximum atomic E-state index is 12.5. The summed E-state index contributed by atoms with van der Waals surface area (Å²) in [6, 6.07) is 0.654. The number of furan rings is 1. The average molecular weight is 402 g/mol. The van der Waals surface area contributed by atoms with Crippen LogP contribution in [-0.4, -0.2) is 60.1 Å². The van der Waals surface area contributed by atoms with Crippen LogP contribution >= 0.6 is 0 Å². The summed E-state index contributed by atoms with van der Waals surface area (Å²) < 4.78 is 40.3. The van der Waals surface area contributed by atoms with Crippen LogP contribution in [0.3, 0.4) is 0 Å². The molecule has 1 aromatic rings. The number of nitrogens with two attached hydrogens (primary N) is 1. The van der Waals surface area contributed by atoms with E-state index in [1.54, 1.807) is 12.1 Å². The summed E-state index contributed by atoms with van der Waals surface area (Å²) in [6.07, 6.45) is 2.10. The number of nitrogens with zero attached hydrogens (tertiary/aromatic N) is 2. The van der Waals surface area contributed by atoms with Crippen LogP contribution in [0.2, 0.25) is 0 Å². The molecule has 148 valence electrons. The van der Waals surface area contributed by atoms with Crippen molar-refractivity contribution in [3.05, 3.63) is 24.2 Å². The fourth-order valence-electron chi connectivity index (χ4n) is 3.81. The second-order valence-electron chi connectivity index (χ2n) is 6.74. The maximum Gasteiger partial charge on any atom is 0.418 e. The van der Waals surface area contributed by atoms with Gasteiger partial charge in [-0.15, -0.1) is 4.28 Å². The van der Waals surface area contributed by atoms with E-state index in [1.807, 2.05) is 0 Å². The molecule has 1 aromatic heterocycles. The minimum Gasteiger partial charge on any atom is -0.468 e. The van der Waals surface area contributed by atoms with Crippen LogP contribution in [0.15, 0.2) is 22.8 Å². The molecule has 3 amide bonds. The van der Waals surface area contributed by atoms with Gasteiger partial charge in [-0.3, -0.25) is 14.2 Å². The van der Waals surface area contributed by atoms with E-state index in [4.69, 9.17) is 19.5 Å². The number of piperidine rings is 1. The molecule has 27 heavy (non-hydrogen) atoms. The van der Waals surface area contributed by atoms with Gasteiger partial charge in [0.1, 0.15) is 11.8 Å². The molecule has 0 spiro atoms. The Morgan fingerprint density at radius 1 is 1.48 bits per heavy atom. The van der Waals surface area contributed by atoms with E-state index < -0.39 is 40.5 Å². The van der Waals surface area contributed by atoms with Crippen molar-refractivity contribution in [1.82, 2.24) is 15.4 Å². The second kappa shape index (κ2) is 6.45. The van der Waals surface area contributed by atoms with E-state index >= 15 is 0 Å². The Bertz CT molecular complexity index is 843. The summed E-state index contributed by atoms with van der Waals surface area (Å²) in [7, 11) is -4.84. The third-order valence-corrected chi connectivity index (χ3v) is 5.38. The molecule has 3 unspecified atom stereocenters. The Labute approximate surface area is 154 Å². The number of rotatable bonds is 7. The summed E-state index contributed by atoms with van der Waals surface area (Å²) in [5, 5.41) is 0.626. The van der Waals surface area contributed by atoms with Crippen molar-refractivity contribution < 1.29 is 36.1 Å². The van der Waals surface area contributed by atoms with Crippen LogP contribution in [-0.2, 0) is 24.3 Å². The van der Waals surface area contributed by atoms with E-state index in [2.05, 4.69) is 9.76 Å². The molecular formula is C14H18N4O8S. The molecule has 4 rings (SSSR count). The summed E-state index contributed by atoms with van der Waals surface area (Å²) in [4.78, 5) is 31.3. The van der Waals surface area contributed by atoms with Crippen molar-refractivity contribution >= 4 is 22.3 Å². The van der Waals surface area contributed by atoms with Gasteiger partial charge in [0.15, 0.2) is 0 Å². The molecule has 1 aliphatic carbocycles. The lowest BCUT2D eigenvalue weighted by atomic mass is 10.0. The van der Waals surface area contributed by atoms with E-state index in [0.29, 0.717) is 17.2 Å². The van der Waals surface area contributed by atoms with Crippen molar-refractivity contribution in [3.63, 3.8) is 0 Å². The van der Waals surface area contributed by atoms with Gasteiger partial charge in [-0.1, -0.05) is 0 Å². The van der Waals surface area contributed by atoms with Gasteiger partial charge in [0.05, 0.1) is 25.0 Å². The van der Waals surface area contributed by atoms with Gasteiger partial charge < -0.3 is 15.1 Å². The topological polar surface area (TPSA) is 165 Å². The lowest BCUT2D eigenvalue weighted by molar-refractivity contribution is -0.139. The smallest absolute Gasteiger partial charge is 0.418 e. The van der Waals surface area contributed by atoms with E-state index in [9.17, 15) is 18.0 Å². The Kier molecular flexibility index (Phi) is 4.35. The first-order valence-corrected chi connectivity index (χ1v) is 9.60. The fourth-order valence-corrected chi connectivity index (χ4v) is 4.19. The normalized spacial score (nSPS) is 30.2. The zero-order chi connectivity index (χ0) is 19.3. The Morgan fingerprint density at radius 2 is 2.26 bits per heavy atom. The SMILES string of the molecule is NC(CONC(=O)[C@@H]1C2CC2[C@@H]2CN1C(=O)N2OS(=O)(=O)O)c1ccco1. The Hall–Kier alpha value is -2.19. The second-order valence-corrected chi connectivity index (χ2v) is 7.74. The minimum absolute atomic E-state index is 0.0331. The van der Waals surface area contributed by atoms with Crippen LogP contribution < -0.4 is 11.2 Å². The number of nitrogens with one attached hydrogen (secondary N) is 1. The first kappa shape index (κ1) is 18.2. The molecule has 3 heterocycles. The summed E-state index contributed by atoms with van der Waals surface area (Å²) in [6.45, 7) is 0.0914. The molecule has 1 saturated carbocycles. The molecule has 12 nitrogen and oxygen atoms in total. The number of urea groups is 1. The van der Waals surface area contributed by atoms with Gasteiger partial charge >= 0.3 is 16.4 Å². The molecule has 2 aliphatic heterocycles. The van der Waals surface area contributed by atoms with Crippen molar-refractivity contribution in [1.29, 1.82) is 0 Å². The number of hydroxylamine groups is 3. The molecule has 13 heteroatoms. The number of carbonyl (C=O) groups excluding carboxylic acids is 2. The first-order chi connectivity index (χ1) is 12.8. The molecular weight excluding hydrogens is 384 g/mol. The van der Waals surface area contributed by atoms with Gasteiger partial charge in [-0.25, -0.2) is 10.3 Å². The third-order valence-electron chi connectivity index (χ3n) is 5.03. The number of hydrogen-bond donors (Lipinski definition) is 3. The zero-order valence-corrected chi connectivity index (χ0v) is 14.7. The van der Waals surface area contributed by atoms with Crippen LogP contribution in [0.1, 0.15) is 18.2 Å². The molecule has 5 atom stereocenters. The number of hydrogen-bond acceptors (Lipinski definition) is 8. The Morgan fingerprint density at radius 3 is 2.93 bits per heavy atom. The van der Waals surface area contributed by atoms with Gasteiger partial charge in [-0.05, 0) is 30.4 Å². The van der Waals surface area contributed by atoms with Crippen molar-refractivity contribution in [3.8, 4) is 0 Å². The number of carbonyl (C=O) groups is 2. The summed E-state index contributed by atoms with van der Waals surface area (Å²) in [5.74, 6) is -0.255. The monoisotopic (exact) mass is 402 g/mol. The molecule has 3 fully saturated rings. The zero-order valence-electron chi connectivity index (χ0n) is 13.9. The van der Waals surface area contributed by atoms with Gasteiger partial charge in [0, 0.05) is 6.54 Å². The van der Waals surface area contributed by atoms with Crippen molar-refractivity contribution in [2.45, 2.75) is 24.5 Å². The molecule has 2 bridgehead atoms. The average Bonchev–Trinajstić information content (AvgIpc) is 3.09. The van der Waals surface area contributed by atoms with E-state index in [0.717, 1.165) is 0 Å². The van der Waals surface area contributed by atoms with E-state index in [1.165, 1.54) is 11.2 Å². The third kappa shape index (κ3) is 3.39. The maximum absolute atomic E-state index is 12.5. The van der Waals surface area contributed by atoms with Crippen LogP contribution in [0.5, 0.6) is 0 Å². The highest BCUT2D eigenvalue weighted by molar-refractivity contribution is 7.80. The van der Waals surface area contributed by atoms with Crippen LogP contribution in [0.4, 0.5) is 4.79 Å². The highest BCUT2D eigenvalue weighted by atomic mass is 32.3. The van der Waals surface area contributed by atoms with Gasteiger partial charge in [0.25, 0.3) is 5.91 Å². The fraction of sp³-hybridized carbons (Fsp3) is 0.571.